The van der Waals surface area contributed by atoms with Gasteiger partial charge in [-0.2, -0.15) is 11.3 Å². The third-order valence-electron chi connectivity index (χ3n) is 3.10. The first-order valence-corrected chi connectivity index (χ1v) is 8.10. The van der Waals surface area contributed by atoms with Gasteiger partial charge in [-0.25, -0.2) is 4.98 Å². The van der Waals surface area contributed by atoms with Crippen LogP contribution in [0.25, 0.3) is 5.65 Å². The highest BCUT2D eigenvalue weighted by Crippen LogP contribution is 2.24. The minimum Gasteiger partial charge on any atom is -0.354 e. The minimum atomic E-state index is 0.793. The number of anilines is 1. The Morgan fingerprint density at radius 2 is 2.26 bits per heavy atom. The van der Waals surface area contributed by atoms with Crippen molar-refractivity contribution < 1.29 is 0 Å². The lowest BCUT2D eigenvalue weighted by molar-refractivity contribution is 0.899. The number of imidazole rings is 1. The molecular formula is C14H14BrN3S. The maximum absolute atomic E-state index is 4.73. The highest BCUT2D eigenvalue weighted by molar-refractivity contribution is 9.08. The second-order valence-electron chi connectivity index (χ2n) is 4.43. The van der Waals surface area contributed by atoms with Crippen molar-refractivity contribution in [2.45, 2.75) is 11.9 Å². The van der Waals surface area contributed by atoms with Crippen molar-refractivity contribution in [3.05, 3.63) is 52.5 Å². The molecule has 0 aliphatic rings. The van der Waals surface area contributed by atoms with E-state index in [4.69, 9.17) is 4.98 Å². The molecule has 0 bridgehead atoms. The van der Waals surface area contributed by atoms with Crippen LogP contribution in [0.15, 0.2) is 41.2 Å². The van der Waals surface area contributed by atoms with E-state index in [9.17, 15) is 0 Å². The molecule has 3 aromatic rings. The average molecular weight is 336 g/mol. The van der Waals surface area contributed by atoms with Gasteiger partial charge in [-0.05, 0) is 34.5 Å². The standard InChI is InChI=1S/C14H14BrN3S/c1-17(9-11-5-7-19-10-11)14-12(8-15)18-6-3-2-4-13(18)16-14/h2-7,10H,8-9H2,1H3. The fourth-order valence-corrected chi connectivity index (χ4v) is 3.38. The lowest BCUT2D eigenvalue weighted by Crippen LogP contribution is -2.17. The Balaban J connectivity index is 1.99. The van der Waals surface area contributed by atoms with Gasteiger partial charge in [-0.3, -0.25) is 0 Å². The summed E-state index contributed by atoms with van der Waals surface area (Å²) < 4.78 is 2.13. The van der Waals surface area contributed by atoms with Crippen LogP contribution in [0.4, 0.5) is 5.82 Å². The number of halogens is 1. The molecule has 0 aromatic carbocycles. The molecule has 0 saturated carbocycles. The van der Waals surface area contributed by atoms with Gasteiger partial charge in [-0.15, -0.1) is 0 Å². The highest BCUT2D eigenvalue weighted by atomic mass is 79.9. The Labute approximate surface area is 124 Å². The minimum absolute atomic E-state index is 0.793. The Kier molecular flexibility index (Phi) is 3.57. The number of pyridine rings is 1. The predicted molar refractivity (Wildman–Crippen MR) is 84.2 cm³/mol. The van der Waals surface area contributed by atoms with E-state index in [0.29, 0.717) is 0 Å². The van der Waals surface area contributed by atoms with Gasteiger partial charge < -0.3 is 9.30 Å². The van der Waals surface area contributed by atoms with E-state index in [-0.39, 0.29) is 0 Å². The average Bonchev–Trinajstić information content (AvgIpc) is 3.04. The van der Waals surface area contributed by atoms with Gasteiger partial charge in [0.05, 0.1) is 5.69 Å². The van der Waals surface area contributed by atoms with Crippen LogP contribution in [0.3, 0.4) is 0 Å². The summed E-state index contributed by atoms with van der Waals surface area (Å²) in [6.07, 6.45) is 2.06. The molecule has 3 nitrogen and oxygen atoms in total. The monoisotopic (exact) mass is 335 g/mol. The molecule has 3 heterocycles. The summed E-state index contributed by atoms with van der Waals surface area (Å²) in [5.74, 6) is 1.04. The topological polar surface area (TPSA) is 20.5 Å². The molecule has 0 atom stereocenters. The number of fused-ring (bicyclic) bond motifs is 1. The third kappa shape index (κ3) is 2.40. The molecule has 0 amide bonds. The van der Waals surface area contributed by atoms with E-state index in [1.54, 1.807) is 11.3 Å². The number of alkyl halides is 1. The number of aromatic nitrogens is 2. The van der Waals surface area contributed by atoms with Crippen molar-refractivity contribution in [2.24, 2.45) is 0 Å². The first kappa shape index (κ1) is 12.7. The zero-order valence-corrected chi connectivity index (χ0v) is 13.0. The molecule has 0 aliphatic heterocycles. The number of hydrogen-bond acceptors (Lipinski definition) is 3. The summed E-state index contributed by atoms with van der Waals surface area (Å²) in [5.41, 5.74) is 3.50. The molecule has 0 aliphatic carbocycles. The Bertz CT molecular complexity index is 675. The fourth-order valence-electron chi connectivity index (χ4n) is 2.20. The lowest BCUT2D eigenvalue weighted by Gasteiger charge is -2.17. The smallest absolute Gasteiger partial charge is 0.152 e. The molecule has 0 spiro atoms. The fraction of sp³-hybridized carbons (Fsp3) is 0.214. The molecule has 5 heteroatoms. The molecule has 98 valence electrons. The molecular weight excluding hydrogens is 322 g/mol. The summed E-state index contributed by atoms with van der Waals surface area (Å²) in [5, 5.41) is 5.08. The van der Waals surface area contributed by atoms with Crippen molar-refractivity contribution in [1.82, 2.24) is 9.38 Å². The highest BCUT2D eigenvalue weighted by Gasteiger charge is 2.14. The van der Waals surface area contributed by atoms with Gasteiger partial charge in [-0.1, -0.05) is 22.0 Å². The van der Waals surface area contributed by atoms with Crippen LogP contribution in [0.5, 0.6) is 0 Å². The maximum atomic E-state index is 4.73. The SMILES string of the molecule is CN(Cc1ccsc1)c1nc2ccccn2c1CBr. The first-order chi connectivity index (χ1) is 9.29. The lowest BCUT2D eigenvalue weighted by atomic mass is 10.3. The number of hydrogen-bond donors (Lipinski definition) is 0. The molecule has 0 unspecified atom stereocenters. The Morgan fingerprint density at radius 3 is 3.00 bits per heavy atom. The summed E-state index contributed by atoms with van der Waals surface area (Å²) in [7, 11) is 2.09. The van der Waals surface area contributed by atoms with Gasteiger partial charge in [0.15, 0.2) is 5.82 Å². The molecule has 3 aromatic heterocycles. The summed E-state index contributed by atoms with van der Waals surface area (Å²) >= 11 is 5.30. The van der Waals surface area contributed by atoms with Crippen LogP contribution < -0.4 is 4.90 Å². The zero-order chi connectivity index (χ0) is 13.2. The van der Waals surface area contributed by atoms with E-state index < -0.39 is 0 Å². The molecule has 0 radical (unpaired) electrons. The van der Waals surface area contributed by atoms with Gasteiger partial charge in [0, 0.05) is 25.1 Å². The van der Waals surface area contributed by atoms with Crippen molar-refractivity contribution in [1.29, 1.82) is 0 Å². The number of thiophene rings is 1. The molecule has 3 rings (SSSR count). The first-order valence-electron chi connectivity index (χ1n) is 6.03. The van der Waals surface area contributed by atoms with E-state index in [1.807, 2.05) is 18.2 Å². The normalized spacial score (nSPS) is 11.1. The van der Waals surface area contributed by atoms with E-state index in [1.165, 1.54) is 11.3 Å². The third-order valence-corrected chi connectivity index (χ3v) is 4.36. The predicted octanol–water partition coefficient (Wildman–Crippen LogP) is 3.93. The van der Waals surface area contributed by atoms with Crippen molar-refractivity contribution in [3.63, 3.8) is 0 Å². The second kappa shape index (κ2) is 5.35. The van der Waals surface area contributed by atoms with Gasteiger partial charge in [0.1, 0.15) is 5.65 Å². The van der Waals surface area contributed by atoms with Crippen molar-refractivity contribution in [3.8, 4) is 0 Å². The quantitative estimate of drug-likeness (QED) is 0.673. The van der Waals surface area contributed by atoms with E-state index in [2.05, 4.69) is 55.3 Å². The summed E-state index contributed by atoms with van der Waals surface area (Å²) in [6, 6.07) is 8.24. The van der Waals surface area contributed by atoms with Crippen LogP contribution >= 0.6 is 27.3 Å². The zero-order valence-electron chi connectivity index (χ0n) is 10.6. The van der Waals surface area contributed by atoms with Crippen molar-refractivity contribution >= 4 is 38.7 Å². The van der Waals surface area contributed by atoms with Gasteiger partial charge in [0.2, 0.25) is 0 Å². The van der Waals surface area contributed by atoms with Crippen molar-refractivity contribution in [2.75, 3.05) is 11.9 Å². The van der Waals surface area contributed by atoms with Crippen LogP contribution in [-0.2, 0) is 11.9 Å². The second-order valence-corrected chi connectivity index (χ2v) is 5.77. The molecule has 0 N–H and O–H groups in total. The van der Waals surface area contributed by atoms with Crippen LogP contribution in [0.2, 0.25) is 0 Å². The van der Waals surface area contributed by atoms with Gasteiger partial charge in [0.25, 0.3) is 0 Å². The summed E-state index contributed by atoms with van der Waals surface area (Å²) in [6.45, 7) is 0.882. The number of nitrogens with zero attached hydrogens (tertiary/aromatic N) is 3. The summed E-state index contributed by atoms with van der Waals surface area (Å²) in [4.78, 5) is 6.93. The largest absolute Gasteiger partial charge is 0.354 e. The van der Waals surface area contributed by atoms with Gasteiger partial charge >= 0.3 is 0 Å². The molecule has 19 heavy (non-hydrogen) atoms. The van der Waals surface area contributed by atoms with Crippen LogP contribution in [-0.4, -0.2) is 16.4 Å². The molecule has 0 saturated heterocycles. The van der Waals surface area contributed by atoms with E-state index >= 15 is 0 Å². The number of rotatable bonds is 4. The van der Waals surface area contributed by atoms with E-state index in [0.717, 1.165) is 23.3 Å². The maximum Gasteiger partial charge on any atom is 0.152 e. The Morgan fingerprint density at radius 1 is 1.37 bits per heavy atom. The van der Waals surface area contributed by atoms with Crippen LogP contribution in [0, 0.1) is 0 Å². The Hall–Kier alpha value is -1.33. The molecule has 0 fully saturated rings. The van der Waals surface area contributed by atoms with Crippen LogP contribution in [0.1, 0.15) is 11.3 Å².